The molecule has 11 heteroatoms. The lowest BCUT2D eigenvalue weighted by atomic mass is 10.0. The van der Waals surface area contributed by atoms with E-state index >= 15 is 0 Å². The predicted octanol–water partition coefficient (Wildman–Crippen LogP) is 3.98. The van der Waals surface area contributed by atoms with Crippen LogP contribution in [0.3, 0.4) is 0 Å². The van der Waals surface area contributed by atoms with Crippen molar-refractivity contribution in [3.8, 4) is 34.0 Å². The summed E-state index contributed by atoms with van der Waals surface area (Å²) in [7, 11) is 3.08. The molecule has 2 fully saturated rings. The number of hydrogen-bond donors (Lipinski definition) is 1. The van der Waals surface area contributed by atoms with Gasteiger partial charge in [-0.05, 0) is 21.6 Å². The summed E-state index contributed by atoms with van der Waals surface area (Å²) >= 11 is 0. The molecule has 3 heterocycles. The molecule has 200 valence electrons. The zero-order chi connectivity index (χ0) is 26.8. The van der Waals surface area contributed by atoms with Gasteiger partial charge in [0.2, 0.25) is 0 Å². The van der Waals surface area contributed by atoms with E-state index in [1.165, 1.54) is 14.2 Å². The van der Waals surface area contributed by atoms with Crippen LogP contribution in [0.25, 0.3) is 22.5 Å². The number of aromatic nitrogens is 4. The van der Waals surface area contributed by atoms with Gasteiger partial charge in [0.05, 0.1) is 33.1 Å². The normalized spacial score (nSPS) is 21.8. The van der Waals surface area contributed by atoms with Crippen molar-refractivity contribution in [3.05, 3.63) is 72.8 Å². The molecule has 0 spiro atoms. The highest BCUT2D eigenvalue weighted by molar-refractivity contribution is 5.85. The average Bonchev–Trinajstić information content (AvgIpc) is 3.71. The average molecular weight is 530 g/mol. The third kappa shape index (κ3) is 5.01. The topological polar surface area (TPSA) is 119 Å². The maximum Gasteiger partial charge on any atom is 0.412 e. The number of methoxy groups -OCH3 is 2. The third-order valence-electron chi connectivity index (χ3n) is 6.90. The van der Waals surface area contributed by atoms with Crippen LogP contribution in [0.1, 0.15) is 6.04 Å². The number of tetrazole rings is 1. The summed E-state index contributed by atoms with van der Waals surface area (Å²) in [5, 5.41) is 15.1. The molecule has 0 aliphatic carbocycles. The molecule has 1 amide bonds. The Kier molecular flexibility index (Phi) is 6.82. The van der Waals surface area contributed by atoms with Gasteiger partial charge in [-0.25, -0.2) is 9.48 Å². The number of carbonyl (C=O) groups excluding carboxylic acids is 1. The molecule has 4 atom stereocenters. The number of nitrogens with one attached hydrogen (secondary N) is 1. The second-order valence-corrected chi connectivity index (χ2v) is 9.22. The zero-order valence-electron chi connectivity index (χ0n) is 21.4. The van der Waals surface area contributed by atoms with E-state index in [0.717, 1.165) is 16.7 Å². The molecule has 39 heavy (non-hydrogen) atoms. The van der Waals surface area contributed by atoms with Gasteiger partial charge in [0.15, 0.2) is 11.9 Å². The van der Waals surface area contributed by atoms with E-state index in [4.69, 9.17) is 23.7 Å². The lowest BCUT2D eigenvalue weighted by molar-refractivity contribution is 0.00774. The molecule has 3 aromatic carbocycles. The van der Waals surface area contributed by atoms with E-state index in [1.54, 1.807) is 22.9 Å². The molecule has 0 bridgehead atoms. The summed E-state index contributed by atoms with van der Waals surface area (Å²) in [6, 6.07) is 23.0. The second kappa shape index (κ2) is 10.7. The summed E-state index contributed by atoms with van der Waals surface area (Å²) in [6.07, 6.45) is -2.03. The van der Waals surface area contributed by atoms with E-state index < -0.39 is 18.3 Å². The minimum absolute atomic E-state index is 0.198. The van der Waals surface area contributed by atoms with E-state index in [-0.39, 0.29) is 18.8 Å². The number of hydrogen-bond acceptors (Lipinski definition) is 9. The van der Waals surface area contributed by atoms with E-state index in [0.29, 0.717) is 29.6 Å². The molecular weight excluding hydrogens is 502 g/mol. The summed E-state index contributed by atoms with van der Waals surface area (Å²) in [5.74, 6) is 1.70. The van der Waals surface area contributed by atoms with E-state index in [1.807, 2.05) is 42.5 Å². The number of anilines is 1. The SMILES string of the molecule is COc1cc(NC(=O)O[C@@H]2CO[C@H]3[C@@H]2OC[C@@H]3n2nnnc2-c2ccc(-c3ccccc3)cc2)cc(OC)c1. The molecule has 4 aromatic rings. The second-order valence-electron chi connectivity index (χ2n) is 9.22. The lowest BCUT2D eigenvalue weighted by Crippen LogP contribution is -2.35. The third-order valence-corrected chi connectivity index (χ3v) is 6.90. The first kappa shape index (κ1) is 24.8. The fourth-order valence-corrected chi connectivity index (χ4v) is 4.97. The molecule has 2 saturated heterocycles. The number of ether oxygens (including phenoxy) is 5. The largest absolute Gasteiger partial charge is 0.497 e. The Morgan fingerprint density at radius 1 is 0.872 bits per heavy atom. The summed E-state index contributed by atoms with van der Waals surface area (Å²) < 4.78 is 30.0. The molecule has 11 nitrogen and oxygen atoms in total. The Labute approximate surface area is 224 Å². The number of rotatable bonds is 7. The highest BCUT2D eigenvalue weighted by atomic mass is 16.6. The molecule has 0 saturated carbocycles. The zero-order valence-corrected chi connectivity index (χ0v) is 21.4. The van der Waals surface area contributed by atoms with Crippen molar-refractivity contribution in [1.29, 1.82) is 0 Å². The van der Waals surface area contributed by atoms with Crippen molar-refractivity contribution in [2.24, 2.45) is 0 Å². The molecule has 2 aliphatic rings. The molecule has 6 rings (SSSR count). The van der Waals surface area contributed by atoms with Crippen molar-refractivity contribution < 1.29 is 28.5 Å². The van der Waals surface area contributed by atoms with E-state index in [9.17, 15) is 4.79 Å². The monoisotopic (exact) mass is 529 g/mol. The van der Waals surface area contributed by atoms with E-state index in [2.05, 4.69) is 33.0 Å². The Morgan fingerprint density at radius 3 is 2.26 bits per heavy atom. The van der Waals surface area contributed by atoms with Crippen LogP contribution in [-0.2, 0) is 14.2 Å². The smallest absolute Gasteiger partial charge is 0.412 e. The highest BCUT2D eigenvalue weighted by Gasteiger charge is 2.51. The van der Waals surface area contributed by atoms with Crippen LogP contribution in [0, 0.1) is 0 Å². The van der Waals surface area contributed by atoms with Crippen molar-refractivity contribution >= 4 is 11.8 Å². The van der Waals surface area contributed by atoms with Gasteiger partial charge in [-0.2, -0.15) is 0 Å². The first-order valence-electron chi connectivity index (χ1n) is 12.5. The quantitative estimate of drug-likeness (QED) is 0.379. The maximum absolute atomic E-state index is 12.7. The van der Waals surface area contributed by atoms with Crippen LogP contribution in [0.15, 0.2) is 72.8 Å². The predicted molar refractivity (Wildman–Crippen MR) is 141 cm³/mol. The Balaban J connectivity index is 1.13. The first-order chi connectivity index (χ1) is 19.1. The molecular formula is C28H27N5O6. The molecule has 2 aliphatic heterocycles. The van der Waals surface area contributed by atoms with Gasteiger partial charge in [0, 0.05) is 23.8 Å². The molecule has 1 N–H and O–H groups in total. The molecule has 1 aromatic heterocycles. The number of carbonyl (C=O) groups is 1. The van der Waals surface area contributed by atoms with Crippen LogP contribution in [0.4, 0.5) is 10.5 Å². The Hall–Kier alpha value is -4.48. The first-order valence-corrected chi connectivity index (χ1v) is 12.5. The number of nitrogens with zero attached hydrogens (tertiary/aromatic N) is 4. The van der Waals surface area contributed by atoms with Crippen LogP contribution < -0.4 is 14.8 Å². The fraction of sp³-hybridized carbons (Fsp3) is 0.286. The van der Waals surface area contributed by atoms with Gasteiger partial charge in [-0.3, -0.25) is 5.32 Å². The highest BCUT2D eigenvalue weighted by Crippen LogP contribution is 2.37. The van der Waals surface area contributed by atoms with Crippen LogP contribution in [0.5, 0.6) is 11.5 Å². The van der Waals surface area contributed by atoms with Crippen molar-refractivity contribution in [1.82, 2.24) is 20.2 Å². The number of benzene rings is 3. The number of amides is 1. The van der Waals surface area contributed by atoms with Crippen molar-refractivity contribution in [3.63, 3.8) is 0 Å². The van der Waals surface area contributed by atoms with Gasteiger partial charge in [-0.1, -0.05) is 54.6 Å². The van der Waals surface area contributed by atoms with Crippen molar-refractivity contribution in [2.75, 3.05) is 32.8 Å². The Morgan fingerprint density at radius 2 is 1.54 bits per heavy atom. The number of fused-ring (bicyclic) bond motifs is 1. The van der Waals surface area contributed by atoms with Crippen LogP contribution in [-0.4, -0.2) is 72.0 Å². The molecule has 0 radical (unpaired) electrons. The Bertz CT molecular complexity index is 1420. The van der Waals surface area contributed by atoms with Crippen LogP contribution in [0.2, 0.25) is 0 Å². The minimum Gasteiger partial charge on any atom is -0.497 e. The maximum atomic E-state index is 12.7. The fourth-order valence-electron chi connectivity index (χ4n) is 4.97. The lowest BCUT2D eigenvalue weighted by Gasteiger charge is -2.18. The van der Waals surface area contributed by atoms with Crippen molar-refractivity contribution in [2.45, 2.75) is 24.4 Å². The van der Waals surface area contributed by atoms with Gasteiger partial charge in [0.1, 0.15) is 29.7 Å². The van der Waals surface area contributed by atoms with Crippen LogP contribution >= 0.6 is 0 Å². The van der Waals surface area contributed by atoms with Gasteiger partial charge >= 0.3 is 6.09 Å². The molecule has 0 unspecified atom stereocenters. The van der Waals surface area contributed by atoms with Gasteiger partial charge in [0.25, 0.3) is 0 Å². The minimum atomic E-state index is -0.631. The summed E-state index contributed by atoms with van der Waals surface area (Å²) in [4.78, 5) is 12.7. The van der Waals surface area contributed by atoms with Gasteiger partial charge < -0.3 is 23.7 Å². The summed E-state index contributed by atoms with van der Waals surface area (Å²) in [6.45, 7) is 0.522. The standard InChI is InChI=1S/C28H27N5O6/c1-35-21-12-20(13-22(14-21)36-2)29-28(34)39-24-16-38-25-23(15-37-26(24)25)33-27(30-31-32-33)19-10-8-18(9-11-19)17-6-4-3-5-7-17/h3-14,23-26H,15-16H2,1-2H3,(H,29,34)/t23-,24+,25+,26+/m0/s1. The van der Waals surface area contributed by atoms with Gasteiger partial charge in [-0.15, -0.1) is 5.10 Å². The summed E-state index contributed by atoms with van der Waals surface area (Å²) in [5.41, 5.74) is 3.60.